The quantitative estimate of drug-likeness (QED) is 0.390. The number of nitrogens with one attached hydrogen (secondary N) is 1. The summed E-state index contributed by atoms with van der Waals surface area (Å²) in [6.45, 7) is 5.60. The van der Waals surface area contributed by atoms with E-state index in [1.165, 1.54) is 0 Å². The van der Waals surface area contributed by atoms with Crippen LogP contribution < -0.4 is 14.4 Å². The van der Waals surface area contributed by atoms with Crippen molar-refractivity contribution in [3.05, 3.63) is 70.3 Å². The van der Waals surface area contributed by atoms with E-state index >= 15 is 0 Å². The fourth-order valence-corrected chi connectivity index (χ4v) is 9.24. The topological polar surface area (TPSA) is 116 Å². The molecule has 1 saturated carbocycles. The average Bonchev–Trinajstić information content (AvgIpc) is 3.35. The number of carbonyl (C=O) groups is 2. The molecule has 47 heavy (non-hydrogen) atoms. The molecule has 9 nitrogen and oxygen atoms in total. The molecule has 11 heteroatoms. The second-order valence-electron chi connectivity index (χ2n) is 14.0. The van der Waals surface area contributed by atoms with E-state index in [0.29, 0.717) is 55.5 Å². The van der Waals surface area contributed by atoms with Crippen LogP contribution in [0.2, 0.25) is 5.02 Å². The lowest BCUT2D eigenvalue weighted by Gasteiger charge is -2.50. The number of rotatable bonds is 1. The molecule has 6 atom stereocenters. The molecule has 2 amide bonds. The highest BCUT2D eigenvalue weighted by atomic mass is 35.5. The number of allylic oxidation sites excluding steroid dienone is 1. The van der Waals surface area contributed by atoms with Gasteiger partial charge in [0.1, 0.15) is 12.4 Å². The Hall–Kier alpha value is -3.08. The molecule has 4 aliphatic rings. The van der Waals surface area contributed by atoms with Crippen molar-refractivity contribution in [1.82, 2.24) is 9.62 Å². The minimum Gasteiger partial charge on any atom is -0.487 e. The Balaban J connectivity index is 1.42. The number of aryl methyl sites for hydroxylation is 1. The van der Waals surface area contributed by atoms with Crippen LogP contribution in [-0.4, -0.2) is 67.8 Å². The van der Waals surface area contributed by atoms with Crippen LogP contribution in [0, 0.1) is 23.7 Å². The van der Waals surface area contributed by atoms with Crippen LogP contribution in [0.1, 0.15) is 73.9 Å². The van der Waals surface area contributed by atoms with Crippen molar-refractivity contribution in [2.75, 3.05) is 31.6 Å². The predicted molar refractivity (Wildman–Crippen MR) is 183 cm³/mol. The number of fused-ring (bicyclic) bond motifs is 3. The molecule has 2 N–H and O–H groups in total. The van der Waals surface area contributed by atoms with Crippen LogP contribution in [0.25, 0.3) is 0 Å². The summed E-state index contributed by atoms with van der Waals surface area (Å²) in [4.78, 5) is 30.7. The second kappa shape index (κ2) is 13.4. The number of benzene rings is 2. The third-order valence-electron chi connectivity index (χ3n) is 11.1. The van der Waals surface area contributed by atoms with E-state index in [0.717, 1.165) is 43.2 Å². The van der Waals surface area contributed by atoms with Gasteiger partial charge in [0.2, 0.25) is 15.9 Å². The maximum atomic E-state index is 13.5. The highest BCUT2D eigenvalue weighted by Gasteiger charge is 2.54. The van der Waals surface area contributed by atoms with Gasteiger partial charge in [0.15, 0.2) is 0 Å². The smallest absolute Gasteiger partial charge is 0.264 e. The molecule has 0 spiro atoms. The highest BCUT2D eigenvalue weighted by Crippen LogP contribution is 2.49. The summed E-state index contributed by atoms with van der Waals surface area (Å²) in [6, 6.07) is 10.9. The van der Waals surface area contributed by atoms with E-state index in [9.17, 15) is 23.1 Å². The lowest BCUT2D eigenvalue weighted by molar-refractivity contribution is -0.143. The number of hydrogen-bond donors (Lipinski definition) is 2. The first kappa shape index (κ1) is 33.8. The Morgan fingerprint density at radius 1 is 1.02 bits per heavy atom. The summed E-state index contributed by atoms with van der Waals surface area (Å²) >= 11 is 6.34. The van der Waals surface area contributed by atoms with Gasteiger partial charge in [-0.05, 0) is 111 Å². The minimum absolute atomic E-state index is 0.0535. The molecule has 0 unspecified atom stereocenters. The number of aliphatic hydroxyl groups is 1. The van der Waals surface area contributed by atoms with Crippen LogP contribution in [-0.2, 0) is 27.8 Å². The second-order valence-corrected chi connectivity index (χ2v) is 16.5. The van der Waals surface area contributed by atoms with Crippen LogP contribution in [0.5, 0.6) is 5.75 Å². The van der Waals surface area contributed by atoms with Gasteiger partial charge in [-0.2, -0.15) is 0 Å². The fourth-order valence-electron chi connectivity index (χ4n) is 7.76. The molecule has 3 aliphatic heterocycles. The van der Waals surface area contributed by atoms with Gasteiger partial charge >= 0.3 is 0 Å². The Morgan fingerprint density at radius 2 is 1.83 bits per heavy atom. The molecule has 1 saturated heterocycles. The summed E-state index contributed by atoms with van der Waals surface area (Å²) in [7, 11) is -2.24. The highest BCUT2D eigenvalue weighted by molar-refractivity contribution is 7.90. The number of halogens is 1. The molecule has 254 valence electrons. The van der Waals surface area contributed by atoms with Crippen LogP contribution >= 0.6 is 11.6 Å². The van der Waals surface area contributed by atoms with Gasteiger partial charge in [0.05, 0.1) is 22.5 Å². The van der Waals surface area contributed by atoms with Crippen molar-refractivity contribution in [2.24, 2.45) is 23.7 Å². The first-order chi connectivity index (χ1) is 22.4. The van der Waals surface area contributed by atoms with Gasteiger partial charge in [0, 0.05) is 37.3 Å². The van der Waals surface area contributed by atoms with Crippen molar-refractivity contribution in [3.8, 4) is 5.75 Å². The largest absolute Gasteiger partial charge is 0.487 e. The molecular weight excluding hydrogens is 638 g/mol. The first-order valence-electron chi connectivity index (χ1n) is 16.9. The van der Waals surface area contributed by atoms with E-state index in [2.05, 4.69) is 9.62 Å². The van der Waals surface area contributed by atoms with Crippen molar-refractivity contribution >= 4 is 39.1 Å². The summed E-state index contributed by atoms with van der Waals surface area (Å²) in [5.41, 5.74) is 1.78. The summed E-state index contributed by atoms with van der Waals surface area (Å²) < 4.78 is 35.5. The van der Waals surface area contributed by atoms with Crippen LogP contribution in [0.4, 0.5) is 5.69 Å². The number of sulfonamides is 1. The normalized spacial score (nSPS) is 32.1. The zero-order valence-electron chi connectivity index (χ0n) is 27.5. The molecular formula is C36H46ClN3O6S. The Morgan fingerprint density at radius 3 is 2.55 bits per heavy atom. The van der Waals surface area contributed by atoms with Gasteiger partial charge in [0.25, 0.3) is 5.91 Å². The predicted octanol–water partition coefficient (Wildman–Crippen LogP) is 5.34. The third kappa shape index (κ3) is 6.78. The van der Waals surface area contributed by atoms with E-state index < -0.39 is 32.7 Å². The molecule has 2 aromatic rings. The number of carbonyl (C=O) groups excluding carboxylic acids is 2. The molecule has 2 bridgehead atoms. The summed E-state index contributed by atoms with van der Waals surface area (Å²) in [6.07, 6.45) is 8.89. The monoisotopic (exact) mass is 683 g/mol. The molecule has 1 aliphatic carbocycles. The van der Waals surface area contributed by atoms with E-state index in [1.807, 2.05) is 31.2 Å². The average molecular weight is 684 g/mol. The number of hydrogen-bond acceptors (Lipinski definition) is 7. The molecule has 2 aromatic carbocycles. The van der Waals surface area contributed by atoms with Crippen LogP contribution in [0.15, 0.2) is 48.6 Å². The third-order valence-corrected chi connectivity index (χ3v) is 13.3. The van der Waals surface area contributed by atoms with Gasteiger partial charge in [-0.3, -0.25) is 9.59 Å². The number of anilines is 1. The maximum Gasteiger partial charge on any atom is 0.264 e. The lowest BCUT2D eigenvalue weighted by Crippen LogP contribution is -2.55. The minimum atomic E-state index is -4.02. The number of ether oxygens (including phenoxy) is 1. The standard InChI is InChI=1S/C36H46ClN3O6S/c1-23-7-6-16-36(43,31-15-18-39(3)35(31)42)30-13-10-27(30)21-40-17-5-4-8-25-19-29(37)12-9-28(25)22-46-33-14-11-26(20-32(33)40)34(41)38-47(44,45)24(23)2/h6,9,11-12,14,16,19-20,23-24,27,30-31,43H,4-5,7-8,10,13,15,17-18,21-22H2,1-3H3,(H,38,41)/b16-6+/t23-,24+,27-,30+,31-,36-/m0/s1. The Bertz CT molecular complexity index is 1660. The number of likely N-dealkylation sites (tertiary alicyclic amines) is 1. The SMILES string of the molecule is C[C@@H]1[C@@H](C)C/C=C/[C@@](O)([C@H]2CCN(C)C2=O)[C@@H]2CC[C@H]2CN2CCCCc3cc(Cl)ccc3COc3ccc(cc32)C(=O)NS1(=O)=O. The van der Waals surface area contributed by atoms with E-state index in [4.69, 9.17) is 16.3 Å². The van der Waals surface area contributed by atoms with Gasteiger partial charge in [-0.15, -0.1) is 0 Å². The first-order valence-corrected chi connectivity index (χ1v) is 18.8. The molecule has 0 aromatic heterocycles. The molecule has 2 fully saturated rings. The molecule has 6 rings (SSSR count). The van der Waals surface area contributed by atoms with Crippen molar-refractivity contribution < 1.29 is 27.9 Å². The van der Waals surface area contributed by atoms with Crippen LogP contribution in [0.3, 0.4) is 0 Å². The van der Waals surface area contributed by atoms with Gasteiger partial charge in [-0.1, -0.05) is 36.7 Å². The van der Waals surface area contributed by atoms with Crippen molar-refractivity contribution in [1.29, 1.82) is 0 Å². The number of amides is 2. The zero-order valence-corrected chi connectivity index (χ0v) is 29.0. The number of nitrogens with zero attached hydrogens (tertiary/aromatic N) is 2. The lowest BCUT2D eigenvalue weighted by atomic mass is 9.60. The zero-order chi connectivity index (χ0) is 33.5. The van der Waals surface area contributed by atoms with Gasteiger partial charge < -0.3 is 19.6 Å². The van der Waals surface area contributed by atoms with E-state index in [1.54, 1.807) is 43.1 Å². The summed E-state index contributed by atoms with van der Waals surface area (Å²) in [5, 5.41) is 12.3. The van der Waals surface area contributed by atoms with E-state index in [-0.39, 0.29) is 29.2 Å². The summed E-state index contributed by atoms with van der Waals surface area (Å²) in [5.74, 6) is -1.09. The molecule has 3 heterocycles. The molecule has 0 radical (unpaired) electrons. The Kier molecular flexibility index (Phi) is 9.67. The van der Waals surface area contributed by atoms with Crippen molar-refractivity contribution in [3.63, 3.8) is 0 Å². The maximum absolute atomic E-state index is 13.5. The fraction of sp³-hybridized carbons (Fsp3) is 0.556. The van der Waals surface area contributed by atoms with Crippen molar-refractivity contribution in [2.45, 2.75) is 76.3 Å². The Labute approximate surface area is 283 Å². The van der Waals surface area contributed by atoms with Gasteiger partial charge in [-0.25, -0.2) is 13.1 Å².